The Kier molecular flexibility index (Phi) is 5.82. The lowest BCUT2D eigenvalue weighted by Crippen LogP contribution is -2.35. The van der Waals surface area contributed by atoms with Crippen molar-refractivity contribution in [2.24, 2.45) is 5.92 Å². The summed E-state index contributed by atoms with van der Waals surface area (Å²) in [4.78, 5) is 13.2. The minimum absolute atomic E-state index is 0.101. The molecule has 2 amide bonds. The number of aryl methyl sites for hydroxylation is 1. The Morgan fingerprint density at radius 1 is 1.31 bits per heavy atom. The Balaban J connectivity index is 1.62. The third kappa shape index (κ3) is 4.40. The summed E-state index contributed by atoms with van der Waals surface area (Å²) < 4.78 is 27.6. The molecule has 4 rings (SSSR count). The second kappa shape index (κ2) is 8.18. The minimum atomic E-state index is -4.29. The zero-order valence-corrected chi connectivity index (χ0v) is 20.0. The lowest BCUT2D eigenvalue weighted by molar-refractivity contribution is 0.0825. The van der Waals surface area contributed by atoms with Crippen LogP contribution >= 0.6 is 11.3 Å². The van der Waals surface area contributed by atoms with Gasteiger partial charge in [-0.3, -0.25) is 0 Å². The van der Waals surface area contributed by atoms with E-state index in [1.54, 1.807) is 0 Å². The molecule has 32 heavy (non-hydrogen) atoms. The van der Waals surface area contributed by atoms with Crippen molar-refractivity contribution < 1.29 is 18.3 Å². The second-order valence-corrected chi connectivity index (χ2v) is 12.1. The van der Waals surface area contributed by atoms with Crippen LogP contribution in [0.2, 0.25) is 0 Å². The highest BCUT2D eigenvalue weighted by molar-refractivity contribution is 7.92. The van der Waals surface area contributed by atoms with Crippen molar-refractivity contribution in [3.05, 3.63) is 45.3 Å². The second-order valence-electron chi connectivity index (χ2n) is 9.19. The number of anilines is 1. The van der Waals surface area contributed by atoms with Crippen molar-refractivity contribution in [1.82, 2.24) is 4.72 Å². The fraction of sp³-hybridized carbons (Fsp3) is 0.478. The van der Waals surface area contributed by atoms with Crippen molar-refractivity contribution in [3.63, 3.8) is 0 Å². The molecule has 1 saturated carbocycles. The summed E-state index contributed by atoms with van der Waals surface area (Å²) in [5.74, 6) is 0.871. The SMILES string of the molecule is C[C@@H](c1ccc2c(c1NC(=O)NS(=O)(=O)c1sc(C(C)(C)O)cc1C#N)CCC2)C1CC1. The van der Waals surface area contributed by atoms with Gasteiger partial charge in [-0.1, -0.05) is 19.1 Å². The summed E-state index contributed by atoms with van der Waals surface area (Å²) in [5.41, 5.74) is 2.63. The van der Waals surface area contributed by atoms with Crippen LogP contribution in [0.5, 0.6) is 0 Å². The number of fused-ring (bicyclic) bond motifs is 1. The van der Waals surface area contributed by atoms with Crippen molar-refractivity contribution in [2.45, 2.75) is 68.6 Å². The van der Waals surface area contributed by atoms with Gasteiger partial charge in [0, 0.05) is 10.6 Å². The molecule has 0 bridgehead atoms. The van der Waals surface area contributed by atoms with Crippen LogP contribution in [0.25, 0.3) is 0 Å². The van der Waals surface area contributed by atoms with Gasteiger partial charge in [-0.25, -0.2) is 17.9 Å². The molecule has 2 aromatic rings. The predicted molar refractivity (Wildman–Crippen MR) is 123 cm³/mol. The summed E-state index contributed by atoms with van der Waals surface area (Å²) in [6, 6.07) is 6.52. The Labute approximate surface area is 192 Å². The summed E-state index contributed by atoms with van der Waals surface area (Å²) in [7, 11) is -4.29. The van der Waals surface area contributed by atoms with Crippen LogP contribution < -0.4 is 10.0 Å². The molecule has 2 aliphatic carbocycles. The van der Waals surface area contributed by atoms with E-state index in [9.17, 15) is 23.6 Å². The summed E-state index contributed by atoms with van der Waals surface area (Å²) in [6.45, 7) is 5.17. The third-order valence-corrected chi connectivity index (χ3v) is 9.58. The fourth-order valence-electron chi connectivity index (χ4n) is 4.32. The number of hydrogen-bond donors (Lipinski definition) is 3. The van der Waals surface area contributed by atoms with Gasteiger partial charge in [-0.15, -0.1) is 11.3 Å². The lowest BCUT2D eigenvalue weighted by Gasteiger charge is -2.20. The number of urea groups is 1. The number of nitrogens with zero attached hydrogens (tertiary/aromatic N) is 1. The first-order valence-corrected chi connectivity index (χ1v) is 13.1. The maximum Gasteiger partial charge on any atom is 0.333 e. The maximum atomic E-state index is 12.9. The van der Waals surface area contributed by atoms with E-state index in [-0.39, 0.29) is 15.7 Å². The van der Waals surface area contributed by atoms with Crippen LogP contribution in [-0.4, -0.2) is 19.6 Å². The van der Waals surface area contributed by atoms with E-state index in [4.69, 9.17) is 0 Å². The van der Waals surface area contributed by atoms with Gasteiger partial charge in [0.25, 0.3) is 10.0 Å². The number of rotatable bonds is 6. The number of hydrogen-bond acceptors (Lipinski definition) is 6. The molecular weight excluding hydrogens is 446 g/mol. The average Bonchev–Trinajstić information content (AvgIpc) is 3.25. The Morgan fingerprint density at radius 2 is 2.03 bits per heavy atom. The highest BCUT2D eigenvalue weighted by atomic mass is 32.2. The summed E-state index contributed by atoms with van der Waals surface area (Å²) in [5, 5.41) is 22.4. The van der Waals surface area contributed by atoms with Crippen LogP contribution in [0.3, 0.4) is 0 Å². The lowest BCUT2D eigenvalue weighted by atomic mass is 9.91. The van der Waals surface area contributed by atoms with Crippen molar-refractivity contribution in [3.8, 4) is 6.07 Å². The molecule has 7 nitrogen and oxygen atoms in total. The van der Waals surface area contributed by atoms with E-state index in [1.165, 1.54) is 25.5 Å². The number of nitriles is 1. The number of sulfonamides is 1. The van der Waals surface area contributed by atoms with E-state index in [1.807, 2.05) is 6.07 Å². The van der Waals surface area contributed by atoms with Gasteiger partial charge in [0.05, 0.1) is 11.2 Å². The van der Waals surface area contributed by atoms with Crippen molar-refractivity contribution >= 4 is 33.1 Å². The van der Waals surface area contributed by atoms with Gasteiger partial charge < -0.3 is 10.4 Å². The molecule has 170 valence electrons. The number of aliphatic hydroxyl groups is 1. The van der Waals surface area contributed by atoms with Crippen LogP contribution in [-0.2, 0) is 28.5 Å². The summed E-state index contributed by atoms with van der Waals surface area (Å²) in [6.07, 6.45) is 5.13. The number of nitrogens with one attached hydrogen (secondary N) is 2. The molecule has 1 atom stereocenters. The zero-order valence-electron chi connectivity index (χ0n) is 18.4. The number of benzene rings is 1. The molecule has 9 heteroatoms. The van der Waals surface area contributed by atoms with E-state index in [0.717, 1.165) is 60.3 Å². The topological polar surface area (TPSA) is 119 Å². The largest absolute Gasteiger partial charge is 0.385 e. The molecule has 1 heterocycles. The maximum absolute atomic E-state index is 12.9. The van der Waals surface area contributed by atoms with Crippen molar-refractivity contribution in [2.75, 3.05) is 5.32 Å². The molecular formula is C23H27N3O4S2. The smallest absolute Gasteiger partial charge is 0.333 e. The number of amides is 2. The molecule has 2 aliphatic rings. The van der Waals surface area contributed by atoms with E-state index in [2.05, 4.69) is 29.1 Å². The fourth-order valence-corrected chi connectivity index (χ4v) is 6.78. The quantitative estimate of drug-likeness (QED) is 0.576. The summed E-state index contributed by atoms with van der Waals surface area (Å²) >= 11 is 0.784. The predicted octanol–water partition coefficient (Wildman–Crippen LogP) is 4.36. The monoisotopic (exact) mass is 473 g/mol. The Hall–Kier alpha value is -2.41. The molecule has 0 saturated heterocycles. The highest BCUT2D eigenvalue weighted by Gasteiger charge is 2.33. The highest BCUT2D eigenvalue weighted by Crippen LogP contribution is 2.46. The average molecular weight is 474 g/mol. The number of carbonyl (C=O) groups is 1. The van der Waals surface area contributed by atoms with Crippen LogP contribution in [0.4, 0.5) is 10.5 Å². The molecule has 0 radical (unpaired) electrons. The van der Waals surface area contributed by atoms with Crippen LogP contribution in [0.15, 0.2) is 22.4 Å². The van der Waals surface area contributed by atoms with E-state index in [0.29, 0.717) is 10.8 Å². The van der Waals surface area contributed by atoms with Crippen LogP contribution in [0.1, 0.15) is 73.1 Å². The van der Waals surface area contributed by atoms with Gasteiger partial charge in [0.15, 0.2) is 4.21 Å². The van der Waals surface area contributed by atoms with E-state index >= 15 is 0 Å². The molecule has 0 aliphatic heterocycles. The molecule has 3 N–H and O–H groups in total. The first-order valence-electron chi connectivity index (χ1n) is 10.8. The van der Waals surface area contributed by atoms with Gasteiger partial charge in [0.1, 0.15) is 6.07 Å². The van der Waals surface area contributed by atoms with Crippen LogP contribution in [0, 0.1) is 17.2 Å². The van der Waals surface area contributed by atoms with Gasteiger partial charge >= 0.3 is 6.03 Å². The minimum Gasteiger partial charge on any atom is -0.385 e. The van der Waals surface area contributed by atoms with Gasteiger partial charge in [-0.05, 0) is 80.5 Å². The standard InChI is InChI=1S/C23H27N3O4S2/c1-13(14-7-8-14)17-10-9-15-5-4-6-18(15)20(17)25-22(27)26-32(29,30)21-16(12-24)11-19(31-21)23(2,3)28/h9-11,13-14,28H,4-8H2,1-3H3,(H2,25,26,27)/t13-/m1/s1. The Morgan fingerprint density at radius 3 is 2.66 bits per heavy atom. The normalized spacial score (nSPS) is 16.8. The van der Waals surface area contributed by atoms with E-state index < -0.39 is 21.7 Å². The molecule has 0 unspecified atom stereocenters. The Bertz CT molecular complexity index is 1220. The first kappa shape index (κ1) is 22.8. The number of carbonyl (C=O) groups excluding carboxylic acids is 1. The molecule has 0 spiro atoms. The van der Waals surface area contributed by atoms with Gasteiger partial charge in [0.2, 0.25) is 0 Å². The molecule has 1 aromatic carbocycles. The van der Waals surface area contributed by atoms with Gasteiger partial charge in [-0.2, -0.15) is 5.26 Å². The first-order chi connectivity index (χ1) is 15.0. The zero-order chi connectivity index (χ0) is 23.3. The van der Waals surface area contributed by atoms with Crippen molar-refractivity contribution in [1.29, 1.82) is 5.26 Å². The third-order valence-electron chi connectivity index (χ3n) is 6.27. The molecule has 1 fully saturated rings. The number of thiophene rings is 1. The molecule has 1 aromatic heterocycles.